The lowest BCUT2D eigenvalue weighted by molar-refractivity contribution is 0.669. The Labute approximate surface area is 392 Å². The standard InChI is InChI=1S/C64H40N2O2/c1-3-15-41(16-4-1)45-19-11-21-47(39-45)65(57-27-13-25-51-49-23-7-9-29-59(49)67-63(51)57)55-37-33-43-31-32-44-34-38-56(54-36-35-53(55)61(43)62(44)54)66(48-22-12-20-46(40-48)42-17-5-2-6-18-42)58-28-14-26-52-50-24-8-10-30-60(50)68-64(52)58/h1-40H. The van der Waals surface area contributed by atoms with Crippen molar-refractivity contribution in [1.29, 1.82) is 0 Å². The summed E-state index contributed by atoms with van der Waals surface area (Å²) in [6.45, 7) is 0. The average molecular weight is 869 g/mol. The number of nitrogens with zero attached hydrogens (tertiary/aromatic N) is 2. The smallest absolute Gasteiger partial charge is 0.159 e. The molecule has 0 aliphatic heterocycles. The summed E-state index contributed by atoms with van der Waals surface area (Å²) < 4.78 is 13.6. The number of rotatable bonds is 8. The Hall–Kier alpha value is -9.12. The van der Waals surface area contributed by atoms with Crippen LogP contribution < -0.4 is 9.80 Å². The lowest BCUT2D eigenvalue weighted by Gasteiger charge is -2.30. The highest BCUT2D eigenvalue weighted by molar-refractivity contribution is 6.29. The molecule has 2 aromatic heterocycles. The lowest BCUT2D eigenvalue weighted by Crippen LogP contribution is -2.12. The summed E-state index contributed by atoms with van der Waals surface area (Å²) >= 11 is 0. The second-order valence-electron chi connectivity index (χ2n) is 17.6. The van der Waals surface area contributed by atoms with Gasteiger partial charge in [-0.25, -0.2) is 0 Å². The zero-order valence-electron chi connectivity index (χ0n) is 36.8. The molecule has 4 heteroatoms. The maximum Gasteiger partial charge on any atom is 0.159 e. The van der Waals surface area contributed by atoms with Gasteiger partial charge in [-0.05, 0) is 104 Å². The fourth-order valence-electron chi connectivity index (χ4n) is 10.7. The van der Waals surface area contributed by atoms with Gasteiger partial charge in [-0.1, -0.05) is 182 Å². The van der Waals surface area contributed by atoms with Crippen molar-refractivity contribution in [2.45, 2.75) is 0 Å². The molecule has 318 valence electrons. The van der Waals surface area contributed by atoms with Crippen LogP contribution in [0, 0.1) is 0 Å². The first kappa shape index (κ1) is 38.2. The molecular weight excluding hydrogens is 829 g/mol. The Morgan fingerprint density at radius 1 is 0.250 bits per heavy atom. The third-order valence-electron chi connectivity index (χ3n) is 13.8. The predicted octanol–water partition coefficient (Wildman–Crippen LogP) is 18.7. The van der Waals surface area contributed by atoms with Gasteiger partial charge in [0.05, 0.1) is 22.7 Å². The summed E-state index contributed by atoms with van der Waals surface area (Å²) in [7, 11) is 0. The molecule has 68 heavy (non-hydrogen) atoms. The molecule has 0 saturated heterocycles. The number of hydrogen-bond donors (Lipinski definition) is 0. The van der Waals surface area contributed by atoms with E-state index in [1.165, 1.54) is 21.5 Å². The third-order valence-corrected chi connectivity index (χ3v) is 13.8. The molecule has 0 amide bonds. The maximum absolute atomic E-state index is 6.81. The zero-order chi connectivity index (χ0) is 44.7. The van der Waals surface area contributed by atoms with Crippen molar-refractivity contribution in [3.8, 4) is 22.3 Å². The summed E-state index contributed by atoms with van der Waals surface area (Å²) in [5.41, 5.74) is 14.2. The molecule has 0 fully saturated rings. The van der Waals surface area contributed by atoms with Crippen LogP contribution in [-0.2, 0) is 0 Å². The molecule has 4 nitrogen and oxygen atoms in total. The first-order valence-corrected chi connectivity index (χ1v) is 23.2. The summed E-state index contributed by atoms with van der Waals surface area (Å²) in [6.07, 6.45) is 0. The molecular formula is C64H40N2O2. The van der Waals surface area contributed by atoms with Gasteiger partial charge in [0.2, 0.25) is 0 Å². The van der Waals surface area contributed by atoms with Crippen LogP contribution in [0.3, 0.4) is 0 Å². The van der Waals surface area contributed by atoms with Gasteiger partial charge in [0.25, 0.3) is 0 Å². The Balaban J connectivity index is 1.03. The van der Waals surface area contributed by atoms with Crippen molar-refractivity contribution in [2.75, 3.05) is 9.80 Å². The van der Waals surface area contributed by atoms with Crippen molar-refractivity contribution in [3.63, 3.8) is 0 Å². The van der Waals surface area contributed by atoms with E-state index in [1.54, 1.807) is 0 Å². The first-order valence-electron chi connectivity index (χ1n) is 23.2. The van der Waals surface area contributed by atoms with Crippen molar-refractivity contribution in [2.24, 2.45) is 0 Å². The van der Waals surface area contributed by atoms with Crippen molar-refractivity contribution >= 4 is 110 Å². The average Bonchev–Trinajstić information content (AvgIpc) is 3.99. The second kappa shape index (κ2) is 15.2. The molecule has 0 saturated carbocycles. The Morgan fingerprint density at radius 3 is 1.10 bits per heavy atom. The molecule has 0 bridgehead atoms. The fraction of sp³-hybridized carbons (Fsp3) is 0. The number of fused-ring (bicyclic) bond motifs is 6. The molecule has 14 rings (SSSR count). The summed E-state index contributed by atoms with van der Waals surface area (Å²) in [5, 5.41) is 11.4. The van der Waals surface area contributed by atoms with Gasteiger partial charge in [0.1, 0.15) is 11.2 Å². The van der Waals surface area contributed by atoms with Crippen LogP contribution in [0.25, 0.3) is 98.4 Å². The van der Waals surface area contributed by atoms with E-state index in [4.69, 9.17) is 8.83 Å². The summed E-state index contributed by atoms with van der Waals surface area (Å²) in [4.78, 5) is 4.79. The quantitative estimate of drug-likeness (QED) is 0.142. The van der Waals surface area contributed by atoms with Crippen molar-refractivity contribution < 1.29 is 8.83 Å². The highest BCUT2D eigenvalue weighted by Crippen LogP contribution is 2.51. The van der Waals surface area contributed by atoms with Crippen molar-refractivity contribution in [3.05, 3.63) is 243 Å². The Morgan fingerprint density at radius 2 is 0.632 bits per heavy atom. The third kappa shape index (κ3) is 5.94. The van der Waals surface area contributed by atoms with Crippen LogP contribution in [0.1, 0.15) is 0 Å². The van der Waals surface area contributed by atoms with Gasteiger partial charge in [0, 0.05) is 43.7 Å². The number of anilines is 6. The van der Waals surface area contributed by atoms with Crippen LogP contribution >= 0.6 is 0 Å². The van der Waals surface area contributed by atoms with E-state index < -0.39 is 0 Å². The summed E-state index contributed by atoms with van der Waals surface area (Å²) in [6, 6.07) is 87.0. The van der Waals surface area contributed by atoms with E-state index in [-0.39, 0.29) is 0 Å². The minimum Gasteiger partial charge on any atom is -0.454 e. The number of para-hydroxylation sites is 4. The van der Waals surface area contributed by atoms with E-state index in [1.807, 2.05) is 12.1 Å². The topological polar surface area (TPSA) is 32.8 Å². The maximum atomic E-state index is 6.81. The molecule has 0 radical (unpaired) electrons. The molecule has 14 aromatic rings. The monoisotopic (exact) mass is 868 g/mol. The van der Waals surface area contributed by atoms with Gasteiger partial charge in [-0.2, -0.15) is 0 Å². The Bertz CT molecular complexity index is 3950. The van der Waals surface area contributed by atoms with Crippen LogP contribution in [0.15, 0.2) is 251 Å². The molecule has 0 aliphatic carbocycles. The van der Waals surface area contributed by atoms with E-state index >= 15 is 0 Å². The molecule has 0 atom stereocenters. The SMILES string of the molecule is c1ccc(-c2cccc(N(c3ccc4ccc5ccc(N(c6cccc(-c7ccccc7)c6)c6cccc7c6oc6ccccc67)c6ccc3c4c56)c3cccc4c3oc3ccccc34)c2)cc1. The van der Waals surface area contributed by atoms with Gasteiger partial charge in [-0.15, -0.1) is 0 Å². The predicted molar refractivity (Wildman–Crippen MR) is 285 cm³/mol. The fourth-order valence-corrected chi connectivity index (χ4v) is 10.7. The summed E-state index contributed by atoms with van der Waals surface area (Å²) in [5.74, 6) is 0. The van der Waals surface area contributed by atoms with Crippen LogP contribution in [0.4, 0.5) is 34.1 Å². The first-order chi connectivity index (χ1) is 33.7. The van der Waals surface area contributed by atoms with E-state index in [0.29, 0.717) is 0 Å². The normalized spacial score (nSPS) is 11.8. The zero-order valence-corrected chi connectivity index (χ0v) is 36.8. The second-order valence-corrected chi connectivity index (χ2v) is 17.6. The number of hydrogen-bond acceptors (Lipinski definition) is 4. The van der Waals surface area contributed by atoms with E-state index in [9.17, 15) is 0 Å². The molecule has 0 N–H and O–H groups in total. The Kier molecular flexibility index (Phi) is 8.55. The van der Waals surface area contributed by atoms with Crippen molar-refractivity contribution in [1.82, 2.24) is 0 Å². The van der Waals surface area contributed by atoms with E-state index in [2.05, 4.69) is 240 Å². The van der Waals surface area contributed by atoms with Gasteiger partial charge < -0.3 is 18.6 Å². The molecule has 12 aromatic carbocycles. The van der Waals surface area contributed by atoms with Crippen LogP contribution in [-0.4, -0.2) is 0 Å². The molecule has 0 aliphatic rings. The van der Waals surface area contributed by atoms with Gasteiger partial charge >= 0.3 is 0 Å². The number of benzene rings is 12. The van der Waals surface area contributed by atoms with Gasteiger partial charge in [-0.3, -0.25) is 0 Å². The highest BCUT2D eigenvalue weighted by atomic mass is 16.3. The molecule has 0 spiro atoms. The minimum atomic E-state index is 0.847. The lowest BCUT2D eigenvalue weighted by atomic mass is 9.91. The minimum absolute atomic E-state index is 0.847. The largest absolute Gasteiger partial charge is 0.454 e. The van der Waals surface area contributed by atoms with Crippen LogP contribution in [0.2, 0.25) is 0 Å². The van der Waals surface area contributed by atoms with Crippen LogP contribution in [0.5, 0.6) is 0 Å². The molecule has 2 heterocycles. The number of furan rings is 2. The van der Waals surface area contributed by atoms with E-state index in [0.717, 1.165) is 111 Å². The molecule has 0 unspecified atom stereocenters. The van der Waals surface area contributed by atoms with Gasteiger partial charge in [0.15, 0.2) is 11.2 Å². The highest BCUT2D eigenvalue weighted by Gasteiger charge is 2.26.